The van der Waals surface area contributed by atoms with Crippen molar-refractivity contribution >= 4 is 57.0 Å². The lowest BCUT2D eigenvalue weighted by atomic mass is 10.0. The van der Waals surface area contributed by atoms with Gasteiger partial charge in [-0.2, -0.15) is 0 Å². The normalized spacial score (nSPS) is 11.2. The second kappa shape index (κ2) is 10.3. The lowest BCUT2D eigenvalue weighted by molar-refractivity contribution is 0.0695. The van der Waals surface area contributed by atoms with Gasteiger partial charge >= 0.3 is 5.97 Å². The van der Waals surface area contributed by atoms with E-state index in [1.54, 1.807) is 17.4 Å². The minimum atomic E-state index is -1.04. The molecule has 0 bridgehead atoms. The maximum absolute atomic E-state index is 11.9. The van der Waals surface area contributed by atoms with Crippen LogP contribution in [0.4, 0.5) is 5.13 Å². The van der Waals surface area contributed by atoms with Crippen molar-refractivity contribution in [1.29, 1.82) is 0 Å². The van der Waals surface area contributed by atoms with Crippen molar-refractivity contribution in [3.63, 3.8) is 0 Å². The molecule has 0 atom stereocenters. The fraction of sp³-hybridized carbons (Fsp3) is 0.200. The summed E-state index contributed by atoms with van der Waals surface area (Å²) in [5.74, 6) is -0.564. The number of thiophene rings is 1. The maximum Gasteiger partial charge on any atom is 0.336 e. The van der Waals surface area contributed by atoms with Gasteiger partial charge in [0.2, 0.25) is 0 Å². The van der Waals surface area contributed by atoms with Crippen LogP contribution in [0.1, 0.15) is 46.1 Å². The van der Waals surface area contributed by atoms with Gasteiger partial charge in [-0.1, -0.05) is 67.4 Å². The number of hydrogen-bond donors (Lipinski definition) is 1. The lowest BCUT2D eigenvalue weighted by Gasteiger charge is -2.22. The third kappa shape index (κ3) is 5.58. The number of hydrogen-bond acceptors (Lipinski definition) is 5. The number of halogens is 2. The number of aromatic carboxylic acids is 1. The van der Waals surface area contributed by atoms with E-state index in [1.807, 2.05) is 16.8 Å². The summed E-state index contributed by atoms with van der Waals surface area (Å²) in [6.07, 6.45) is 0. The minimum Gasteiger partial charge on any atom is -0.478 e. The highest BCUT2D eigenvalue weighted by molar-refractivity contribution is 7.14. The van der Waals surface area contributed by atoms with Gasteiger partial charge < -0.3 is 10.0 Å². The third-order valence-electron chi connectivity index (χ3n) is 5.30. The van der Waals surface area contributed by atoms with E-state index in [0.29, 0.717) is 29.6 Å². The van der Waals surface area contributed by atoms with Crippen molar-refractivity contribution in [3.05, 3.63) is 90.9 Å². The largest absolute Gasteiger partial charge is 0.478 e. The molecule has 0 aliphatic carbocycles. The predicted octanol–water partition coefficient (Wildman–Crippen LogP) is 8.21. The van der Waals surface area contributed by atoms with Crippen LogP contribution in [-0.2, 0) is 13.1 Å². The summed E-state index contributed by atoms with van der Waals surface area (Å²) in [5.41, 5.74) is 3.97. The van der Waals surface area contributed by atoms with Crippen molar-refractivity contribution in [2.45, 2.75) is 32.9 Å². The summed E-state index contributed by atoms with van der Waals surface area (Å²) in [6.45, 7) is 5.30. The lowest BCUT2D eigenvalue weighted by Crippen LogP contribution is -2.23. The van der Waals surface area contributed by atoms with Crippen molar-refractivity contribution in [2.24, 2.45) is 0 Å². The molecule has 0 aliphatic heterocycles. The van der Waals surface area contributed by atoms with Gasteiger partial charge in [0.1, 0.15) is 0 Å². The van der Waals surface area contributed by atoms with E-state index in [1.165, 1.54) is 23.0 Å². The summed E-state index contributed by atoms with van der Waals surface area (Å²) in [7, 11) is 0. The highest BCUT2D eigenvalue weighted by atomic mass is 35.5. The first kappa shape index (κ1) is 23.8. The smallest absolute Gasteiger partial charge is 0.336 e. The van der Waals surface area contributed by atoms with Gasteiger partial charge in [0, 0.05) is 22.4 Å². The average molecular weight is 518 g/mol. The average Bonchev–Trinajstić information content (AvgIpc) is 3.48. The first-order valence-corrected chi connectivity index (χ1v) is 12.9. The van der Waals surface area contributed by atoms with Crippen LogP contribution in [0.25, 0.3) is 11.3 Å². The Morgan fingerprint density at radius 2 is 1.79 bits per heavy atom. The fourth-order valence-electron chi connectivity index (χ4n) is 3.49. The molecule has 2 aromatic heterocycles. The van der Waals surface area contributed by atoms with E-state index < -0.39 is 5.97 Å². The zero-order valence-corrected chi connectivity index (χ0v) is 21.2. The molecule has 4 nitrogen and oxygen atoms in total. The van der Waals surface area contributed by atoms with Crippen LogP contribution in [0.5, 0.6) is 0 Å². The molecule has 4 aromatic rings. The number of carboxylic acids is 1. The Kier molecular flexibility index (Phi) is 7.39. The summed E-state index contributed by atoms with van der Waals surface area (Å²) in [4.78, 5) is 20.0. The Bertz CT molecular complexity index is 1250. The van der Waals surface area contributed by atoms with Gasteiger partial charge in [0.15, 0.2) is 5.13 Å². The molecule has 8 heteroatoms. The van der Waals surface area contributed by atoms with Crippen LogP contribution in [0.2, 0.25) is 10.0 Å². The SMILES string of the molecule is CC(C)c1ccc(-c2csc(N(Cc3cccs3)Cc3cc(Cl)c(Cl)cc3C(=O)O)n2)cc1. The Balaban J connectivity index is 1.68. The monoisotopic (exact) mass is 516 g/mol. The van der Waals surface area contributed by atoms with Crippen molar-refractivity contribution in [1.82, 2.24) is 4.98 Å². The minimum absolute atomic E-state index is 0.140. The van der Waals surface area contributed by atoms with E-state index in [0.717, 1.165) is 21.3 Å². The van der Waals surface area contributed by atoms with Crippen molar-refractivity contribution < 1.29 is 9.90 Å². The molecule has 0 saturated heterocycles. The molecule has 0 fully saturated rings. The van der Waals surface area contributed by atoms with Crippen LogP contribution in [0.3, 0.4) is 0 Å². The number of thiazole rings is 1. The van der Waals surface area contributed by atoms with Crippen molar-refractivity contribution in [2.75, 3.05) is 4.90 Å². The van der Waals surface area contributed by atoms with Crippen molar-refractivity contribution in [3.8, 4) is 11.3 Å². The zero-order chi connectivity index (χ0) is 23.5. The van der Waals surface area contributed by atoms with Crippen LogP contribution in [0, 0.1) is 0 Å². The number of anilines is 1. The van der Waals surface area contributed by atoms with Gasteiger partial charge in [0.25, 0.3) is 0 Å². The fourth-order valence-corrected chi connectivity index (χ4v) is 5.39. The van der Waals surface area contributed by atoms with E-state index in [4.69, 9.17) is 28.2 Å². The molecular weight excluding hydrogens is 495 g/mol. The summed E-state index contributed by atoms with van der Waals surface area (Å²) in [6, 6.07) is 15.6. The molecule has 1 N–H and O–H groups in total. The van der Waals surface area contributed by atoms with E-state index >= 15 is 0 Å². The standard InChI is InChI=1S/C25H22Cl2N2O2S2/c1-15(2)16-5-7-17(8-6-16)23-14-33-25(28-23)29(13-19-4-3-9-32-19)12-18-10-21(26)22(27)11-20(18)24(30)31/h3-11,14-15H,12-13H2,1-2H3,(H,30,31). The van der Waals surface area contributed by atoms with E-state index in [-0.39, 0.29) is 10.6 Å². The van der Waals surface area contributed by atoms with Gasteiger partial charge in [-0.25, -0.2) is 9.78 Å². The predicted molar refractivity (Wildman–Crippen MR) is 139 cm³/mol. The molecule has 2 aromatic carbocycles. The van der Waals surface area contributed by atoms with Crippen LogP contribution >= 0.6 is 45.9 Å². The topological polar surface area (TPSA) is 53.4 Å². The number of rotatable bonds is 8. The first-order valence-electron chi connectivity index (χ1n) is 10.4. The molecule has 33 heavy (non-hydrogen) atoms. The van der Waals surface area contributed by atoms with Crippen LogP contribution in [0.15, 0.2) is 59.3 Å². The molecule has 4 rings (SSSR count). The number of nitrogens with zero attached hydrogens (tertiary/aromatic N) is 2. The molecule has 0 saturated carbocycles. The van der Waals surface area contributed by atoms with Gasteiger partial charge in [-0.05, 0) is 40.6 Å². The van der Waals surface area contributed by atoms with Gasteiger partial charge in [0.05, 0.1) is 27.8 Å². The highest BCUT2D eigenvalue weighted by Gasteiger charge is 2.20. The summed E-state index contributed by atoms with van der Waals surface area (Å²) in [5, 5.41) is 15.1. The molecule has 2 heterocycles. The van der Waals surface area contributed by atoms with Crippen LogP contribution < -0.4 is 4.90 Å². The zero-order valence-electron chi connectivity index (χ0n) is 18.1. The van der Waals surface area contributed by atoms with Gasteiger partial charge in [-0.15, -0.1) is 22.7 Å². The highest BCUT2D eigenvalue weighted by Crippen LogP contribution is 2.33. The number of benzene rings is 2. The number of carboxylic acid groups (broad SMARTS) is 1. The Morgan fingerprint density at radius 1 is 1.06 bits per heavy atom. The first-order chi connectivity index (χ1) is 15.8. The Hall–Kier alpha value is -2.38. The molecule has 0 unspecified atom stereocenters. The second-order valence-electron chi connectivity index (χ2n) is 7.96. The quantitative estimate of drug-likeness (QED) is 0.256. The number of aromatic nitrogens is 1. The van der Waals surface area contributed by atoms with E-state index in [2.05, 4.69) is 49.1 Å². The molecule has 0 spiro atoms. The Morgan fingerprint density at radius 3 is 2.42 bits per heavy atom. The summed E-state index contributed by atoms with van der Waals surface area (Å²) < 4.78 is 0. The molecule has 0 aliphatic rings. The van der Waals surface area contributed by atoms with Crippen LogP contribution in [-0.4, -0.2) is 16.1 Å². The van der Waals surface area contributed by atoms with E-state index in [9.17, 15) is 9.90 Å². The molecular formula is C25H22Cl2N2O2S2. The molecule has 0 radical (unpaired) electrons. The Labute approximate surface area is 211 Å². The molecule has 170 valence electrons. The second-order valence-corrected chi connectivity index (χ2v) is 10.6. The molecule has 0 amide bonds. The van der Waals surface area contributed by atoms with Gasteiger partial charge in [-0.3, -0.25) is 0 Å². The maximum atomic E-state index is 11.9. The third-order valence-corrected chi connectivity index (χ3v) is 7.78. The summed E-state index contributed by atoms with van der Waals surface area (Å²) >= 11 is 15.5. The number of carbonyl (C=O) groups is 1.